The molecule has 0 aliphatic heterocycles. The van der Waals surface area contributed by atoms with Crippen molar-refractivity contribution in [3.05, 3.63) is 82.3 Å². The van der Waals surface area contributed by atoms with Crippen LogP contribution in [0.1, 0.15) is 70.0 Å². The van der Waals surface area contributed by atoms with E-state index in [4.69, 9.17) is 4.74 Å². The number of halogens is 1. The second-order valence-corrected chi connectivity index (χ2v) is 10.8. The molecule has 0 spiro atoms. The average Bonchev–Trinajstić information content (AvgIpc) is 3.22. The molecule has 1 fully saturated rings. The Kier molecular flexibility index (Phi) is 6.62. The number of carbonyl (C=O) groups excluding carboxylic acids is 1. The van der Waals surface area contributed by atoms with E-state index in [-0.39, 0.29) is 18.2 Å². The van der Waals surface area contributed by atoms with Crippen LogP contribution >= 0.6 is 15.9 Å². The van der Waals surface area contributed by atoms with Gasteiger partial charge in [-0.1, -0.05) is 70.5 Å². The first-order valence-electron chi connectivity index (χ1n) is 11.5. The summed E-state index contributed by atoms with van der Waals surface area (Å²) in [5, 5.41) is 2.39. The van der Waals surface area contributed by atoms with Crippen molar-refractivity contribution >= 4 is 32.8 Å². The van der Waals surface area contributed by atoms with E-state index in [1.807, 2.05) is 25.7 Å². The third-order valence-corrected chi connectivity index (χ3v) is 6.91. The summed E-state index contributed by atoms with van der Waals surface area (Å²) in [6, 6.07) is 23.4. The summed E-state index contributed by atoms with van der Waals surface area (Å²) in [6.07, 6.45) is 2.77. The quantitative estimate of drug-likeness (QED) is 0.366. The zero-order chi connectivity index (χ0) is 22.9. The van der Waals surface area contributed by atoms with E-state index in [0.717, 1.165) is 23.7 Å². The summed E-state index contributed by atoms with van der Waals surface area (Å²) < 4.78 is 7.01. The van der Waals surface area contributed by atoms with Gasteiger partial charge in [0.15, 0.2) is 0 Å². The van der Waals surface area contributed by atoms with Gasteiger partial charge >= 0.3 is 6.09 Å². The van der Waals surface area contributed by atoms with Crippen molar-refractivity contribution in [1.29, 1.82) is 0 Å². The van der Waals surface area contributed by atoms with Crippen LogP contribution in [0.3, 0.4) is 0 Å². The molecule has 0 N–H and O–H groups in total. The molecule has 0 unspecified atom stereocenters. The highest BCUT2D eigenvalue weighted by molar-refractivity contribution is 9.10. The number of carbonyl (C=O) groups is 1. The van der Waals surface area contributed by atoms with Crippen molar-refractivity contribution in [3.8, 4) is 0 Å². The van der Waals surface area contributed by atoms with Gasteiger partial charge in [-0.3, -0.25) is 4.90 Å². The summed E-state index contributed by atoms with van der Waals surface area (Å²) >= 11 is 3.60. The summed E-state index contributed by atoms with van der Waals surface area (Å²) in [4.78, 5) is 15.5. The molecule has 0 aromatic heterocycles. The molecule has 4 rings (SSSR count). The van der Waals surface area contributed by atoms with Gasteiger partial charge in [-0.15, -0.1) is 0 Å². The summed E-state index contributed by atoms with van der Waals surface area (Å²) in [6.45, 7) is 7.94. The van der Waals surface area contributed by atoms with Gasteiger partial charge in [0.25, 0.3) is 0 Å². The van der Waals surface area contributed by atoms with Gasteiger partial charge in [-0.2, -0.15) is 0 Å². The molecule has 32 heavy (non-hydrogen) atoms. The second-order valence-electron chi connectivity index (χ2n) is 9.85. The molecule has 3 aromatic carbocycles. The molecule has 3 atom stereocenters. The molecular weight excluding hydrogens is 462 g/mol. The minimum Gasteiger partial charge on any atom is -0.444 e. The second kappa shape index (κ2) is 9.27. The van der Waals surface area contributed by atoms with Crippen molar-refractivity contribution in [2.45, 2.75) is 70.6 Å². The minimum absolute atomic E-state index is 0.0813. The standard InChI is InChI=1S/C28H32BrNO2/c1-19(25-14-8-10-20-9-5-6-13-26(20)25)30(27(31)32-28(2,3)4)24-16-15-22(18-24)21-11-7-12-23(29)17-21/h5-14,17,19,22,24H,15-16,18H2,1-4H3/t19-,22-,24+/m1/s1. The largest absolute Gasteiger partial charge is 0.444 e. The molecule has 1 aliphatic carbocycles. The van der Waals surface area contributed by atoms with Gasteiger partial charge in [0, 0.05) is 10.5 Å². The highest BCUT2D eigenvalue weighted by atomic mass is 79.9. The van der Waals surface area contributed by atoms with Crippen LogP contribution in [0.25, 0.3) is 10.8 Å². The first-order chi connectivity index (χ1) is 15.2. The SMILES string of the molecule is C[C@H](c1cccc2ccccc12)N(C(=O)OC(C)(C)C)[C@H]1CC[C@@H](c2cccc(Br)c2)C1. The predicted molar refractivity (Wildman–Crippen MR) is 135 cm³/mol. The number of hydrogen-bond donors (Lipinski definition) is 0. The number of hydrogen-bond acceptors (Lipinski definition) is 2. The highest BCUT2D eigenvalue weighted by Gasteiger charge is 2.38. The van der Waals surface area contributed by atoms with Gasteiger partial charge in [0.1, 0.15) is 5.60 Å². The molecule has 1 amide bonds. The average molecular weight is 494 g/mol. The molecule has 1 aliphatic rings. The van der Waals surface area contributed by atoms with Crippen LogP contribution in [0.2, 0.25) is 0 Å². The number of ether oxygens (including phenoxy) is 1. The van der Waals surface area contributed by atoms with Crippen molar-refractivity contribution in [2.24, 2.45) is 0 Å². The molecule has 168 valence electrons. The maximum Gasteiger partial charge on any atom is 0.411 e. The monoisotopic (exact) mass is 493 g/mol. The number of benzene rings is 3. The van der Waals surface area contributed by atoms with Gasteiger partial charge in [0.05, 0.1) is 6.04 Å². The van der Waals surface area contributed by atoms with Crippen LogP contribution in [0.4, 0.5) is 4.79 Å². The molecule has 0 heterocycles. The van der Waals surface area contributed by atoms with Crippen molar-refractivity contribution in [3.63, 3.8) is 0 Å². The molecule has 3 aromatic rings. The zero-order valence-corrected chi connectivity index (χ0v) is 20.9. The Morgan fingerprint density at radius 2 is 1.75 bits per heavy atom. The summed E-state index contributed by atoms with van der Waals surface area (Å²) in [5.41, 5.74) is 1.97. The van der Waals surface area contributed by atoms with E-state index >= 15 is 0 Å². The van der Waals surface area contributed by atoms with Crippen molar-refractivity contribution < 1.29 is 9.53 Å². The van der Waals surface area contributed by atoms with E-state index in [1.165, 1.54) is 21.9 Å². The smallest absolute Gasteiger partial charge is 0.411 e. The van der Waals surface area contributed by atoms with Crippen LogP contribution in [0.15, 0.2) is 71.2 Å². The molecular formula is C28H32BrNO2. The fraction of sp³-hybridized carbons (Fsp3) is 0.393. The maximum atomic E-state index is 13.5. The van der Waals surface area contributed by atoms with E-state index in [2.05, 4.69) is 89.6 Å². The van der Waals surface area contributed by atoms with Crippen LogP contribution in [0.5, 0.6) is 0 Å². The maximum absolute atomic E-state index is 13.5. The lowest BCUT2D eigenvalue weighted by atomic mass is 9.96. The minimum atomic E-state index is -0.532. The number of rotatable bonds is 4. The summed E-state index contributed by atoms with van der Waals surface area (Å²) in [5.74, 6) is 0.446. The number of amides is 1. The third-order valence-electron chi connectivity index (χ3n) is 6.41. The predicted octanol–water partition coefficient (Wildman–Crippen LogP) is 8.24. The first kappa shape index (κ1) is 22.8. The first-order valence-corrected chi connectivity index (χ1v) is 12.3. The van der Waals surface area contributed by atoms with E-state index in [0.29, 0.717) is 5.92 Å². The lowest BCUT2D eigenvalue weighted by molar-refractivity contribution is 0.00694. The van der Waals surface area contributed by atoms with E-state index in [1.54, 1.807) is 0 Å². The zero-order valence-electron chi connectivity index (χ0n) is 19.3. The molecule has 0 bridgehead atoms. The Hall–Kier alpha value is -2.33. The molecule has 3 nitrogen and oxygen atoms in total. The van der Waals surface area contributed by atoms with Crippen LogP contribution in [0, 0.1) is 0 Å². The Morgan fingerprint density at radius 1 is 1.03 bits per heavy atom. The van der Waals surface area contributed by atoms with Crippen LogP contribution < -0.4 is 0 Å². The molecule has 0 saturated heterocycles. The van der Waals surface area contributed by atoms with Gasteiger partial charge in [-0.25, -0.2) is 4.79 Å². The molecule has 1 saturated carbocycles. The summed E-state index contributed by atoms with van der Waals surface area (Å²) in [7, 11) is 0. The molecule has 0 radical (unpaired) electrons. The number of fused-ring (bicyclic) bond motifs is 1. The van der Waals surface area contributed by atoms with Gasteiger partial charge < -0.3 is 4.74 Å². The van der Waals surface area contributed by atoms with E-state index in [9.17, 15) is 4.79 Å². The van der Waals surface area contributed by atoms with Crippen LogP contribution in [-0.2, 0) is 4.74 Å². The van der Waals surface area contributed by atoms with Crippen molar-refractivity contribution in [2.75, 3.05) is 0 Å². The fourth-order valence-corrected chi connectivity index (χ4v) is 5.39. The highest BCUT2D eigenvalue weighted by Crippen LogP contribution is 2.41. The lowest BCUT2D eigenvalue weighted by Gasteiger charge is -2.37. The van der Waals surface area contributed by atoms with Gasteiger partial charge in [-0.05, 0) is 86.9 Å². The lowest BCUT2D eigenvalue weighted by Crippen LogP contribution is -2.44. The Bertz CT molecular complexity index is 1100. The Labute approximate surface area is 199 Å². The molecule has 4 heteroatoms. The van der Waals surface area contributed by atoms with Crippen molar-refractivity contribution in [1.82, 2.24) is 4.90 Å². The fourth-order valence-electron chi connectivity index (χ4n) is 4.98. The Morgan fingerprint density at radius 3 is 2.50 bits per heavy atom. The van der Waals surface area contributed by atoms with Crippen LogP contribution in [-0.4, -0.2) is 22.6 Å². The van der Waals surface area contributed by atoms with Gasteiger partial charge in [0.2, 0.25) is 0 Å². The third kappa shape index (κ3) is 5.01. The van der Waals surface area contributed by atoms with E-state index < -0.39 is 5.60 Å². The topological polar surface area (TPSA) is 29.5 Å². The normalized spacial score (nSPS) is 19.7. The Balaban J connectivity index is 1.67. The number of nitrogens with zero attached hydrogens (tertiary/aromatic N) is 1.